The maximum Gasteiger partial charge on any atom is 0.270 e. The quantitative estimate of drug-likeness (QED) is 0.392. The average Bonchev–Trinajstić information content (AvgIpc) is 2.75. The number of rotatable bonds is 3. The molecular formula is C27H31N3O2S. The number of nitrogens with one attached hydrogen (secondary N) is 1. The molecule has 5 nitrogen and oxygen atoms in total. The van der Waals surface area contributed by atoms with Crippen molar-refractivity contribution in [1.29, 1.82) is 0 Å². The summed E-state index contributed by atoms with van der Waals surface area (Å²) >= 11 is 5.34. The molecule has 0 spiro atoms. The number of hydrogen-bond acceptors (Lipinski definition) is 4. The van der Waals surface area contributed by atoms with Crippen LogP contribution in [0.4, 0.5) is 11.4 Å². The summed E-state index contributed by atoms with van der Waals surface area (Å²) in [5.41, 5.74) is 6.31. The molecule has 1 fully saturated rings. The number of hydrogen-bond donors (Lipinski definition) is 1. The molecule has 1 saturated heterocycles. The van der Waals surface area contributed by atoms with Gasteiger partial charge in [0.25, 0.3) is 11.8 Å². The average molecular weight is 462 g/mol. The number of carbonyl (C=O) groups excluding carboxylic acids is 2. The van der Waals surface area contributed by atoms with Crippen LogP contribution in [-0.4, -0.2) is 29.5 Å². The van der Waals surface area contributed by atoms with Crippen molar-refractivity contribution in [2.75, 3.05) is 16.8 Å². The first-order valence-corrected chi connectivity index (χ1v) is 11.8. The van der Waals surface area contributed by atoms with Crippen molar-refractivity contribution in [2.45, 2.75) is 58.9 Å². The molecule has 0 saturated carbocycles. The maximum atomic E-state index is 13.4. The van der Waals surface area contributed by atoms with E-state index in [2.05, 4.69) is 57.1 Å². The van der Waals surface area contributed by atoms with E-state index in [1.165, 1.54) is 21.7 Å². The molecule has 0 unspecified atom stereocenters. The monoisotopic (exact) mass is 461 g/mol. The third-order valence-corrected chi connectivity index (χ3v) is 7.31. The van der Waals surface area contributed by atoms with Crippen molar-refractivity contribution in [2.24, 2.45) is 0 Å². The molecular weight excluding hydrogens is 430 g/mol. The van der Waals surface area contributed by atoms with Gasteiger partial charge in [-0.1, -0.05) is 26.0 Å². The predicted octanol–water partition coefficient (Wildman–Crippen LogP) is 5.11. The van der Waals surface area contributed by atoms with Crippen molar-refractivity contribution in [3.05, 3.63) is 64.2 Å². The number of anilines is 2. The van der Waals surface area contributed by atoms with Crippen LogP contribution in [0.3, 0.4) is 0 Å². The zero-order valence-electron chi connectivity index (χ0n) is 20.2. The molecule has 0 bridgehead atoms. The molecule has 6 heteroatoms. The van der Waals surface area contributed by atoms with E-state index >= 15 is 0 Å². The van der Waals surface area contributed by atoms with Gasteiger partial charge in [-0.15, -0.1) is 0 Å². The molecule has 2 aromatic rings. The first kappa shape index (κ1) is 23.2. The molecule has 172 valence electrons. The Morgan fingerprint density at radius 1 is 1.18 bits per heavy atom. The number of carbonyl (C=O) groups is 2. The van der Waals surface area contributed by atoms with Gasteiger partial charge < -0.3 is 4.90 Å². The van der Waals surface area contributed by atoms with Crippen molar-refractivity contribution in [1.82, 2.24) is 5.32 Å². The highest BCUT2D eigenvalue weighted by Crippen LogP contribution is 2.43. The Kier molecular flexibility index (Phi) is 5.91. The van der Waals surface area contributed by atoms with Gasteiger partial charge in [-0.2, -0.15) is 0 Å². The van der Waals surface area contributed by atoms with Gasteiger partial charge in [-0.3, -0.25) is 19.8 Å². The van der Waals surface area contributed by atoms with Crippen LogP contribution in [0.5, 0.6) is 0 Å². The van der Waals surface area contributed by atoms with Crippen LogP contribution in [0, 0.1) is 6.92 Å². The zero-order valence-corrected chi connectivity index (χ0v) is 21.0. The standard InChI is InChI=1S/C27H31N3O2S/c1-7-18-8-10-20(11-9-18)30-25(32)22(24(31)28-26(30)33)14-19-13-21-17(3)15-27(4,5)29(6)23(21)12-16(19)2/h8-14,17H,7,15H2,1-6H3,(H,28,31,33)/b22-14+/t17-/m1/s1. The minimum atomic E-state index is -0.463. The summed E-state index contributed by atoms with van der Waals surface area (Å²) in [6, 6.07) is 12.0. The van der Waals surface area contributed by atoms with Crippen molar-refractivity contribution in [3.63, 3.8) is 0 Å². The summed E-state index contributed by atoms with van der Waals surface area (Å²) in [6.07, 6.45) is 3.64. The SMILES string of the molecule is CCc1ccc(N2C(=O)/C(=C/c3cc4c(cc3C)N(C)C(C)(C)C[C@H]4C)C(=O)NC2=S)cc1. The van der Waals surface area contributed by atoms with Gasteiger partial charge in [0.1, 0.15) is 5.57 Å². The topological polar surface area (TPSA) is 52.7 Å². The van der Waals surface area contributed by atoms with E-state index in [0.29, 0.717) is 11.6 Å². The molecule has 0 radical (unpaired) electrons. The third kappa shape index (κ3) is 4.08. The molecule has 2 aliphatic heterocycles. The minimum absolute atomic E-state index is 0.0710. The number of fused-ring (bicyclic) bond motifs is 1. The highest BCUT2D eigenvalue weighted by molar-refractivity contribution is 7.80. The smallest absolute Gasteiger partial charge is 0.270 e. The molecule has 2 aliphatic rings. The van der Waals surface area contributed by atoms with Gasteiger partial charge in [-0.05, 0) is 104 Å². The lowest BCUT2D eigenvalue weighted by atomic mass is 9.79. The fraction of sp³-hybridized carbons (Fsp3) is 0.370. The number of thiocarbonyl (C=S) groups is 1. The predicted molar refractivity (Wildman–Crippen MR) is 139 cm³/mol. The van der Waals surface area contributed by atoms with Gasteiger partial charge >= 0.3 is 0 Å². The van der Waals surface area contributed by atoms with Crippen LogP contribution in [-0.2, 0) is 16.0 Å². The fourth-order valence-corrected chi connectivity index (χ4v) is 5.10. The highest BCUT2D eigenvalue weighted by Gasteiger charge is 2.36. The molecule has 33 heavy (non-hydrogen) atoms. The third-order valence-electron chi connectivity index (χ3n) is 7.03. The first-order valence-electron chi connectivity index (χ1n) is 11.4. The normalized spacial score (nSPS) is 21.3. The van der Waals surface area contributed by atoms with Crippen LogP contribution >= 0.6 is 12.2 Å². The van der Waals surface area contributed by atoms with Crippen LogP contribution < -0.4 is 15.1 Å². The van der Waals surface area contributed by atoms with E-state index in [4.69, 9.17) is 12.2 Å². The van der Waals surface area contributed by atoms with E-state index in [1.807, 2.05) is 31.2 Å². The van der Waals surface area contributed by atoms with Crippen molar-refractivity contribution >= 4 is 46.6 Å². The molecule has 0 aliphatic carbocycles. The van der Waals surface area contributed by atoms with Gasteiger partial charge in [-0.25, -0.2) is 0 Å². The lowest BCUT2D eigenvalue weighted by Gasteiger charge is -2.45. The molecule has 2 heterocycles. The van der Waals surface area contributed by atoms with Gasteiger partial charge in [0, 0.05) is 18.3 Å². The van der Waals surface area contributed by atoms with Crippen LogP contribution in [0.1, 0.15) is 62.3 Å². The zero-order chi connectivity index (χ0) is 24.1. The summed E-state index contributed by atoms with van der Waals surface area (Å²) in [5.74, 6) is -0.493. The fourth-order valence-electron chi connectivity index (χ4n) is 4.82. The largest absolute Gasteiger partial charge is 0.369 e. The Bertz CT molecular complexity index is 1180. The number of nitrogens with zero attached hydrogens (tertiary/aromatic N) is 2. The summed E-state index contributed by atoms with van der Waals surface area (Å²) in [6.45, 7) is 10.8. The minimum Gasteiger partial charge on any atom is -0.369 e. The second-order valence-corrected chi connectivity index (χ2v) is 10.1. The van der Waals surface area contributed by atoms with E-state index in [0.717, 1.165) is 24.0 Å². The number of benzene rings is 2. The Morgan fingerprint density at radius 3 is 2.48 bits per heavy atom. The molecule has 2 amide bonds. The summed E-state index contributed by atoms with van der Waals surface area (Å²) < 4.78 is 0. The van der Waals surface area contributed by atoms with Gasteiger partial charge in [0.15, 0.2) is 5.11 Å². The second kappa shape index (κ2) is 8.41. The Morgan fingerprint density at radius 2 is 1.85 bits per heavy atom. The van der Waals surface area contributed by atoms with Crippen LogP contribution in [0.2, 0.25) is 0 Å². The Hall–Kier alpha value is -2.99. The number of aryl methyl sites for hydroxylation is 2. The molecule has 4 rings (SSSR count). The van der Waals surface area contributed by atoms with E-state index in [1.54, 1.807) is 6.08 Å². The molecule has 1 atom stereocenters. The number of amides is 2. The Labute approximate surface area is 201 Å². The summed E-state index contributed by atoms with van der Waals surface area (Å²) in [5, 5.41) is 2.79. The van der Waals surface area contributed by atoms with Gasteiger partial charge in [0.05, 0.1) is 5.69 Å². The lowest BCUT2D eigenvalue weighted by Crippen LogP contribution is -2.54. The van der Waals surface area contributed by atoms with Gasteiger partial charge in [0.2, 0.25) is 0 Å². The second-order valence-electron chi connectivity index (χ2n) is 9.72. The van der Waals surface area contributed by atoms with Crippen molar-refractivity contribution < 1.29 is 9.59 Å². The molecule has 1 N–H and O–H groups in total. The summed E-state index contributed by atoms with van der Waals surface area (Å²) in [7, 11) is 2.13. The van der Waals surface area contributed by atoms with Crippen LogP contribution in [0.15, 0.2) is 42.0 Å². The molecule has 0 aromatic heterocycles. The van der Waals surface area contributed by atoms with Crippen molar-refractivity contribution in [3.8, 4) is 0 Å². The maximum absolute atomic E-state index is 13.4. The summed E-state index contributed by atoms with van der Waals surface area (Å²) in [4.78, 5) is 29.9. The van der Waals surface area contributed by atoms with E-state index in [-0.39, 0.29) is 16.2 Å². The highest BCUT2D eigenvalue weighted by atomic mass is 32.1. The van der Waals surface area contributed by atoms with E-state index in [9.17, 15) is 9.59 Å². The lowest BCUT2D eigenvalue weighted by molar-refractivity contribution is -0.122. The Balaban J connectivity index is 1.75. The molecule has 2 aromatic carbocycles. The van der Waals surface area contributed by atoms with Crippen LogP contribution in [0.25, 0.3) is 6.08 Å². The van der Waals surface area contributed by atoms with E-state index < -0.39 is 11.8 Å². The first-order chi connectivity index (χ1) is 15.5.